The summed E-state index contributed by atoms with van der Waals surface area (Å²) in [6, 6.07) is 5.49. The Morgan fingerprint density at radius 2 is 2.23 bits per heavy atom. The zero-order valence-corrected chi connectivity index (χ0v) is 13.5. The van der Waals surface area contributed by atoms with Crippen molar-refractivity contribution in [1.29, 1.82) is 0 Å². The highest BCUT2D eigenvalue weighted by molar-refractivity contribution is 7.91. The Hall–Kier alpha value is -1.89. The molecular weight excluding hydrogens is 302 g/mol. The normalized spacial score (nSPS) is 20.4. The highest BCUT2D eigenvalue weighted by Gasteiger charge is 2.33. The molecule has 0 N–H and O–H groups in total. The van der Waals surface area contributed by atoms with Crippen LogP contribution in [0.2, 0.25) is 0 Å². The Morgan fingerprint density at radius 3 is 2.91 bits per heavy atom. The molecule has 0 spiro atoms. The summed E-state index contributed by atoms with van der Waals surface area (Å²) in [5.74, 6) is 0.168. The zero-order valence-electron chi connectivity index (χ0n) is 12.7. The number of rotatable bonds is 3. The van der Waals surface area contributed by atoms with Gasteiger partial charge in [0.05, 0.1) is 29.3 Å². The first kappa shape index (κ1) is 15.0. The van der Waals surface area contributed by atoms with E-state index in [2.05, 4.69) is 4.98 Å². The average Bonchev–Trinajstić information content (AvgIpc) is 2.98. The van der Waals surface area contributed by atoms with Gasteiger partial charge in [-0.2, -0.15) is 0 Å². The molecule has 3 heterocycles. The number of pyridine rings is 1. The van der Waals surface area contributed by atoms with Crippen molar-refractivity contribution in [2.75, 3.05) is 18.6 Å². The van der Waals surface area contributed by atoms with Crippen molar-refractivity contribution in [1.82, 2.24) is 14.3 Å². The van der Waals surface area contributed by atoms with E-state index < -0.39 is 9.84 Å². The Kier molecular flexibility index (Phi) is 3.68. The molecule has 0 radical (unpaired) electrons. The van der Waals surface area contributed by atoms with Crippen molar-refractivity contribution < 1.29 is 13.2 Å². The van der Waals surface area contributed by atoms with E-state index >= 15 is 0 Å². The molecule has 22 heavy (non-hydrogen) atoms. The molecule has 1 aliphatic rings. The maximum Gasteiger partial charge on any atom is 0.228 e. The Bertz CT molecular complexity index is 826. The molecule has 1 saturated heterocycles. The lowest BCUT2D eigenvalue weighted by Gasteiger charge is -2.23. The van der Waals surface area contributed by atoms with Crippen molar-refractivity contribution in [2.45, 2.75) is 25.8 Å². The lowest BCUT2D eigenvalue weighted by Crippen LogP contribution is -2.39. The third-order valence-electron chi connectivity index (χ3n) is 4.30. The van der Waals surface area contributed by atoms with Gasteiger partial charge < -0.3 is 9.30 Å². The number of amides is 1. The quantitative estimate of drug-likeness (QED) is 0.839. The minimum absolute atomic E-state index is 0.0708. The van der Waals surface area contributed by atoms with Crippen LogP contribution in [0.15, 0.2) is 24.4 Å². The minimum atomic E-state index is -2.99. The molecule has 118 valence electrons. The van der Waals surface area contributed by atoms with E-state index in [0.29, 0.717) is 6.42 Å². The second-order valence-electron chi connectivity index (χ2n) is 5.81. The fraction of sp³-hybridized carbons (Fsp3) is 0.467. The number of carbonyl (C=O) groups excluding carboxylic acids is 1. The molecule has 6 nitrogen and oxygen atoms in total. The van der Waals surface area contributed by atoms with Gasteiger partial charge in [0, 0.05) is 19.3 Å². The summed E-state index contributed by atoms with van der Waals surface area (Å²) in [5, 5.41) is 0. The molecule has 0 aliphatic carbocycles. The molecule has 2 aromatic rings. The predicted molar refractivity (Wildman–Crippen MR) is 83.5 cm³/mol. The largest absolute Gasteiger partial charge is 0.341 e. The summed E-state index contributed by atoms with van der Waals surface area (Å²) in [6.45, 7) is 1.88. The van der Waals surface area contributed by atoms with Crippen LogP contribution in [0.25, 0.3) is 5.65 Å². The van der Waals surface area contributed by atoms with Gasteiger partial charge in [0.2, 0.25) is 5.91 Å². The molecule has 1 amide bonds. The van der Waals surface area contributed by atoms with Crippen molar-refractivity contribution >= 4 is 21.4 Å². The van der Waals surface area contributed by atoms with Gasteiger partial charge in [0.15, 0.2) is 9.84 Å². The third-order valence-corrected chi connectivity index (χ3v) is 6.05. The van der Waals surface area contributed by atoms with Crippen molar-refractivity contribution in [3.63, 3.8) is 0 Å². The molecule has 2 aromatic heterocycles. The highest BCUT2D eigenvalue weighted by Crippen LogP contribution is 2.19. The summed E-state index contributed by atoms with van der Waals surface area (Å²) < 4.78 is 25.0. The Morgan fingerprint density at radius 1 is 1.45 bits per heavy atom. The number of hydrogen-bond donors (Lipinski definition) is 0. The summed E-state index contributed by atoms with van der Waals surface area (Å²) in [4.78, 5) is 18.5. The fourth-order valence-electron chi connectivity index (χ4n) is 2.93. The van der Waals surface area contributed by atoms with E-state index in [1.54, 1.807) is 11.9 Å². The molecule has 1 aliphatic heterocycles. The van der Waals surface area contributed by atoms with Gasteiger partial charge in [0.1, 0.15) is 5.65 Å². The molecule has 3 rings (SSSR count). The van der Waals surface area contributed by atoms with Crippen LogP contribution in [0.5, 0.6) is 0 Å². The van der Waals surface area contributed by atoms with Gasteiger partial charge in [-0.25, -0.2) is 13.4 Å². The highest BCUT2D eigenvalue weighted by atomic mass is 32.2. The zero-order chi connectivity index (χ0) is 15.9. The number of aryl methyl sites for hydroxylation is 1. The van der Waals surface area contributed by atoms with Crippen LogP contribution < -0.4 is 0 Å². The van der Waals surface area contributed by atoms with E-state index in [4.69, 9.17) is 0 Å². The summed E-state index contributed by atoms with van der Waals surface area (Å²) >= 11 is 0. The van der Waals surface area contributed by atoms with Gasteiger partial charge in [-0.1, -0.05) is 6.07 Å². The number of hydrogen-bond acceptors (Lipinski definition) is 4. The van der Waals surface area contributed by atoms with E-state index in [9.17, 15) is 13.2 Å². The molecule has 0 bridgehead atoms. The SMILES string of the molecule is Cc1nc2ccccn2c1CC(=O)N(C)C1CCS(=O)(=O)C1. The van der Waals surface area contributed by atoms with Crippen LogP contribution in [0, 0.1) is 6.92 Å². The lowest BCUT2D eigenvalue weighted by molar-refractivity contribution is -0.130. The molecule has 1 fully saturated rings. The van der Waals surface area contributed by atoms with Gasteiger partial charge in [-0.05, 0) is 25.5 Å². The first-order valence-electron chi connectivity index (χ1n) is 7.26. The second-order valence-corrected chi connectivity index (χ2v) is 8.04. The number of likely N-dealkylation sites (N-methyl/N-ethyl adjacent to an activating group) is 1. The summed E-state index contributed by atoms with van der Waals surface area (Å²) in [5.41, 5.74) is 2.49. The van der Waals surface area contributed by atoms with Crippen molar-refractivity contribution in [2.24, 2.45) is 0 Å². The van der Waals surface area contributed by atoms with Crippen LogP contribution in [-0.2, 0) is 21.1 Å². The lowest BCUT2D eigenvalue weighted by atomic mass is 10.2. The van der Waals surface area contributed by atoms with Gasteiger partial charge in [-0.15, -0.1) is 0 Å². The van der Waals surface area contributed by atoms with E-state index in [0.717, 1.165) is 17.0 Å². The maximum absolute atomic E-state index is 12.5. The number of aromatic nitrogens is 2. The average molecular weight is 321 g/mol. The van der Waals surface area contributed by atoms with Crippen molar-refractivity contribution in [3.05, 3.63) is 35.8 Å². The molecule has 1 unspecified atom stereocenters. The standard InChI is InChI=1S/C15H19N3O3S/c1-11-13(18-7-4-3-5-14(18)16-11)9-15(19)17(2)12-6-8-22(20,21)10-12/h3-5,7,12H,6,8-10H2,1-2H3. The van der Waals surface area contributed by atoms with Crippen LogP contribution >= 0.6 is 0 Å². The smallest absolute Gasteiger partial charge is 0.228 e. The van der Waals surface area contributed by atoms with Crippen molar-refractivity contribution in [3.8, 4) is 0 Å². The minimum Gasteiger partial charge on any atom is -0.341 e. The second kappa shape index (κ2) is 5.39. The van der Waals surface area contributed by atoms with E-state index in [-0.39, 0.29) is 29.9 Å². The van der Waals surface area contributed by atoms with E-state index in [1.807, 2.05) is 35.7 Å². The van der Waals surface area contributed by atoms with E-state index in [1.165, 1.54) is 0 Å². The monoisotopic (exact) mass is 321 g/mol. The number of sulfone groups is 1. The molecule has 1 atom stereocenters. The van der Waals surface area contributed by atoms with Gasteiger partial charge in [-0.3, -0.25) is 4.79 Å². The van der Waals surface area contributed by atoms with Crippen LogP contribution in [-0.4, -0.2) is 53.2 Å². The summed E-state index contributed by atoms with van der Waals surface area (Å²) in [7, 11) is -1.30. The third kappa shape index (κ3) is 2.72. The van der Waals surface area contributed by atoms with Gasteiger partial charge >= 0.3 is 0 Å². The first-order chi connectivity index (χ1) is 10.4. The molecular formula is C15H19N3O3S. The number of nitrogens with zero attached hydrogens (tertiary/aromatic N) is 3. The first-order valence-corrected chi connectivity index (χ1v) is 9.08. The number of imidazole rings is 1. The van der Waals surface area contributed by atoms with Crippen LogP contribution in [0.1, 0.15) is 17.8 Å². The Labute approximate surface area is 129 Å². The molecule has 7 heteroatoms. The predicted octanol–water partition coefficient (Wildman–Crippen LogP) is 0.831. The molecule has 0 aromatic carbocycles. The number of fused-ring (bicyclic) bond motifs is 1. The summed E-state index contributed by atoms with van der Waals surface area (Å²) in [6.07, 6.45) is 2.64. The van der Waals surface area contributed by atoms with Crippen LogP contribution in [0.3, 0.4) is 0 Å². The van der Waals surface area contributed by atoms with Crippen LogP contribution in [0.4, 0.5) is 0 Å². The number of carbonyl (C=O) groups is 1. The topological polar surface area (TPSA) is 71.8 Å². The Balaban J connectivity index is 1.80. The van der Waals surface area contributed by atoms with Gasteiger partial charge in [0.25, 0.3) is 0 Å². The molecule has 0 saturated carbocycles. The maximum atomic E-state index is 12.5. The fourth-order valence-corrected chi connectivity index (χ4v) is 4.70.